The largest absolute Gasteiger partial charge is 0.375 e. The smallest absolute Gasteiger partial charge is 0.193 e. The lowest BCUT2D eigenvalue weighted by Gasteiger charge is -2.35. The number of nitrogens with one attached hydrogen (secondary N) is 1. The molecule has 1 aliphatic rings. The van der Waals surface area contributed by atoms with Crippen molar-refractivity contribution >= 4 is 5.96 Å². The van der Waals surface area contributed by atoms with Gasteiger partial charge in [-0.15, -0.1) is 0 Å². The molecule has 2 aromatic carbocycles. The first-order valence-corrected chi connectivity index (χ1v) is 9.52. The third-order valence-electron chi connectivity index (χ3n) is 4.75. The van der Waals surface area contributed by atoms with Crippen LogP contribution in [0.2, 0.25) is 0 Å². The highest BCUT2D eigenvalue weighted by atomic mass is 16.5. The maximum atomic E-state index is 6.01. The topological polar surface area (TPSA) is 46.1 Å². The summed E-state index contributed by atoms with van der Waals surface area (Å²) in [6, 6.07) is 18.6. The molecule has 5 nitrogen and oxygen atoms in total. The number of benzene rings is 2. The van der Waals surface area contributed by atoms with E-state index in [1.54, 1.807) is 0 Å². The minimum atomic E-state index is 0.0767. The quantitative estimate of drug-likeness (QED) is 0.484. The summed E-state index contributed by atoms with van der Waals surface area (Å²) in [4.78, 5) is 6.70. The van der Waals surface area contributed by atoms with E-state index >= 15 is 0 Å². The summed E-state index contributed by atoms with van der Waals surface area (Å²) in [5.74, 6) is 0.903. The highest BCUT2D eigenvalue weighted by Gasteiger charge is 2.24. The van der Waals surface area contributed by atoms with E-state index in [9.17, 15) is 0 Å². The van der Waals surface area contributed by atoms with E-state index < -0.39 is 0 Å². The van der Waals surface area contributed by atoms with Gasteiger partial charge in [-0.1, -0.05) is 54.6 Å². The van der Waals surface area contributed by atoms with Crippen molar-refractivity contribution in [3.8, 4) is 0 Å². The van der Waals surface area contributed by atoms with Gasteiger partial charge in [-0.05, 0) is 23.6 Å². The van der Waals surface area contributed by atoms with E-state index in [1.165, 1.54) is 16.7 Å². The molecule has 1 fully saturated rings. The lowest BCUT2D eigenvalue weighted by molar-refractivity contribution is -0.00845. The fourth-order valence-electron chi connectivity index (χ4n) is 3.31. The van der Waals surface area contributed by atoms with Crippen LogP contribution in [-0.4, -0.2) is 50.8 Å². The van der Waals surface area contributed by atoms with Gasteiger partial charge in [-0.3, -0.25) is 4.99 Å². The average Bonchev–Trinajstić information content (AvgIpc) is 2.72. The molecule has 0 saturated carbocycles. The summed E-state index contributed by atoms with van der Waals surface area (Å²) in [7, 11) is 1.82. The van der Waals surface area contributed by atoms with Crippen molar-refractivity contribution in [1.82, 2.24) is 10.2 Å². The second-order valence-electron chi connectivity index (χ2n) is 6.67. The predicted octanol–water partition coefficient (Wildman–Crippen LogP) is 3.16. The maximum absolute atomic E-state index is 6.01. The van der Waals surface area contributed by atoms with Gasteiger partial charge < -0.3 is 19.7 Å². The molecule has 1 atom stereocenters. The molecule has 1 unspecified atom stereocenters. The Morgan fingerprint density at radius 1 is 1.19 bits per heavy atom. The summed E-state index contributed by atoms with van der Waals surface area (Å²) in [5.41, 5.74) is 3.71. The van der Waals surface area contributed by atoms with Crippen LogP contribution in [0.1, 0.15) is 22.8 Å². The predicted molar refractivity (Wildman–Crippen MR) is 109 cm³/mol. The van der Waals surface area contributed by atoms with E-state index in [2.05, 4.69) is 58.5 Å². The molecule has 5 heteroatoms. The molecule has 0 radical (unpaired) electrons. The molecule has 1 saturated heterocycles. The first-order chi connectivity index (χ1) is 13.3. The van der Waals surface area contributed by atoms with E-state index in [0.717, 1.165) is 25.6 Å². The Morgan fingerprint density at radius 2 is 1.96 bits per heavy atom. The minimum Gasteiger partial charge on any atom is -0.375 e. The van der Waals surface area contributed by atoms with Crippen molar-refractivity contribution < 1.29 is 9.47 Å². The zero-order valence-corrected chi connectivity index (χ0v) is 16.2. The maximum Gasteiger partial charge on any atom is 0.193 e. The molecule has 0 aliphatic carbocycles. The van der Waals surface area contributed by atoms with Crippen LogP contribution in [0, 0.1) is 6.92 Å². The molecular formula is C22H29N3O2. The second-order valence-corrected chi connectivity index (χ2v) is 6.67. The second kappa shape index (κ2) is 10.1. The Bertz CT molecular complexity index is 733. The Balaban J connectivity index is 1.46. The van der Waals surface area contributed by atoms with Crippen LogP contribution in [0.15, 0.2) is 59.6 Å². The Labute approximate surface area is 162 Å². The van der Waals surface area contributed by atoms with Gasteiger partial charge in [0.2, 0.25) is 0 Å². The van der Waals surface area contributed by atoms with Gasteiger partial charge in [0.05, 0.1) is 26.4 Å². The summed E-state index contributed by atoms with van der Waals surface area (Å²) >= 11 is 0. The Hall–Kier alpha value is -2.37. The van der Waals surface area contributed by atoms with Gasteiger partial charge in [-0.2, -0.15) is 0 Å². The normalized spacial score (nSPS) is 17.8. The SMILES string of the molecule is CN=C(NCCOCc1ccccc1)N1CCOC(c2ccccc2C)C1. The van der Waals surface area contributed by atoms with Crippen molar-refractivity contribution in [3.63, 3.8) is 0 Å². The van der Waals surface area contributed by atoms with Crippen molar-refractivity contribution in [2.75, 3.05) is 39.9 Å². The molecule has 3 rings (SSSR count). The summed E-state index contributed by atoms with van der Waals surface area (Å²) in [5, 5.41) is 3.41. The van der Waals surface area contributed by atoms with Crippen LogP contribution in [-0.2, 0) is 16.1 Å². The minimum absolute atomic E-state index is 0.0767. The van der Waals surface area contributed by atoms with Gasteiger partial charge in [0.25, 0.3) is 0 Å². The molecule has 0 bridgehead atoms. The zero-order valence-electron chi connectivity index (χ0n) is 16.2. The van der Waals surface area contributed by atoms with E-state index in [4.69, 9.17) is 9.47 Å². The molecule has 2 aromatic rings. The fraction of sp³-hybridized carbons (Fsp3) is 0.409. The van der Waals surface area contributed by atoms with Crippen LogP contribution >= 0.6 is 0 Å². The van der Waals surface area contributed by atoms with Crippen LogP contribution in [0.5, 0.6) is 0 Å². The van der Waals surface area contributed by atoms with Crippen LogP contribution in [0.4, 0.5) is 0 Å². The Morgan fingerprint density at radius 3 is 2.74 bits per heavy atom. The van der Waals surface area contributed by atoms with Crippen molar-refractivity contribution in [3.05, 3.63) is 71.3 Å². The summed E-state index contributed by atoms with van der Waals surface area (Å²) < 4.78 is 11.8. The molecule has 0 aromatic heterocycles. The van der Waals surface area contributed by atoms with E-state index in [1.807, 2.05) is 25.2 Å². The number of hydrogen-bond donors (Lipinski definition) is 1. The number of hydrogen-bond acceptors (Lipinski definition) is 3. The third kappa shape index (κ3) is 5.55. The number of rotatable bonds is 6. The zero-order chi connectivity index (χ0) is 18.9. The third-order valence-corrected chi connectivity index (χ3v) is 4.75. The standard InChI is InChI=1S/C22H29N3O2/c1-18-8-6-7-11-20(18)21-16-25(13-15-27-21)22(23-2)24-12-14-26-17-19-9-4-3-5-10-19/h3-11,21H,12-17H2,1-2H3,(H,23,24). The van der Waals surface area contributed by atoms with Gasteiger partial charge >= 0.3 is 0 Å². The summed E-state index contributed by atoms with van der Waals surface area (Å²) in [6.07, 6.45) is 0.0767. The highest BCUT2D eigenvalue weighted by Crippen LogP contribution is 2.24. The number of guanidine groups is 1. The molecular weight excluding hydrogens is 338 g/mol. The van der Waals surface area contributed by atoms with E-state index in [0.29, 0.717) is 19.8 Å². The first kappa shape index (κ1) is 19.4. The van der Waals surface area contributed by atoms with Gasteiger partial charge in [-0.25, -0.2) is 0 Å². The van der Waals surface area contributed by atoms with Gasteiger partial charge in [0, 0.05) is 20.1 Å². The van der Waals surface area contributed by atoms with Gasteiger partial charge in [0.1, 0.15) is 6.10 Å². The molecule has 0 spiro atoms. The average molecular weight is 367 g/mol. The number of morpholine rings is 1. The Kier molecular flexibility index (Phi) is 7.25. The number of nitrogens with zero attached hydrogens (tertiary/aromatic N) is 2. The van der Waals surface area contributed by atoms with E-state index in [-0.39, 0.29) is 6.10 Å². The first-order valence-electron chi connectivity index (χ1n) is 9.52. The molecule has 0 amide bonds. The summed E-state index contributed by atoms with van der Waals surface area (Å²) in [6.45, 7) is 6.47. The lowest BCUT2D eigenvalue weighted by atomic mass is 10.0. The fourth-order valence-corrected chi connectivity index (χ4v) is 3.31. The molecule has 1 aliphatic heterocycles. The molecule has 1 heterocycles. The number of aryl methyl sites for hydroxylation is 1. The van der Waals surface area contributed by atoms with Crippen molar-refractivity contribution in [2.24, 2.45) is 4.99 Å². The highest BCUT2D eigenvalue weighted by molar-refractivity contribution is 5.80. The van der Waals surface area contributed by atoms with Crippen LogP contribution in [0.25, 0.3) is 0 Å². The molecule has 1 N–H and O–H groups in total. The number of ether oxygens (including phenoxy) is 2. The van der Waals surface area contributed by atoms with Crippen LogP contribution in [0.3, 0.4) is 0 Å². The lowest BCUT2D eigenvalue weighted by Crippen LogP contribution is -2.48. The van der Waals surface area contributed by atoms with Gasteiger partial charge in [0.15, 0.2) is 5.96 Å². The van der Waals surface area contributed by atoms with Crippen molar-refractivity contribution in [2.45, 2.75) is 19.6 Å². The molecule has 27 heavy (non-hydrogen) atoms. The van der Waals surface area contributed by atoms with Crippen molar-refractivity contribution in [1.29, 1.82) is 0 Å². The monoisotopic (exact) mass is 367 g/mol. The van der Waals surface area contributed by atoms with Crippen LogP contribution < -0.4 is 5.32 Å². The molecule has 144 valence electrons. The number of aliphatic imine (C=N–C) groups is 1.